The maximum Gasteiger partial charge on any atom is 0.257 e. The number of phenolic OH excluding ortho intramolecular Hbond substituents is 1. The molecular formula is C21H33N3O4. The van der Waals surface area contributed by atoms with Gasteiger partial charge in [0.05, 0.1) is 12.7 Å². The Hall–Kier alpha value is -1.83. The molecule has 0 unspecified atom stereocenters. The van der Waals surface area contributed by atoms with Crippen molar-refractivity contribution in [1.29, 1.82) is 0 Å². The molecule has 1 aromatic rings. The molecule has 1 aromatic carbocycles. The van der Waals surface area contributed by atoms with E-state index in [9.17, 15) is 15.0 Å². The number of aliphatic hydroxyl groups is 1. The minimum Gasteiger partial charge on any atom is -0.504 e. The predicted octanol–water partition coefficient (Wildman–Crippen LogP) is 1.25. The van der Waals surface area contributed by atoms with Crippen molar-refractivity contribution in [3.63, 3.8) is 0 Å². The van der Waals surface area contributed by atoms with E-state index in [0.717, 1.165) is 45.4 Å². The maximum absolute atomic E-state index is 13.1. The van der Waals surface area contributed by atoms with Crippen LogP contribution in [0.5, 0.6) is 11.5 Å². The van der Waals surface area contributed by atoms with Crippen molar-refractivity contribution in [2.45, 2.75) is 25.3 Å². The van der Waals surface area contributed by atoms with Crippen LogP contribution in [0.1, 0.15) is 29.6 Å². The van der Waals surface area contributed by atoms with E-state index >= 15 is 0 Å². The lowest BCUT2D eigenvalue weighted by Gasteiger charge is -2.46. The number of nitrogens with zero attached hydrogens (tertiary/aromatic N) is 3. The number of hydrogen-bond acceptors (Lipinski definition) is 6. The first-order valence-corrected chi connectivity index (χ1v) is 10.2. The van der Waals surface area contributed by atoms with Gasteiger partial charge in [0.15, 0.2) is 11.5 Å². The van der Waals surface area contributed by atoms with Gasteiger partial charge in [-0.2, -0.15) is 0 Å². The minimum atomic E-state index is -0.151. The molecule has 0 aliphatic carbocycles. The van der Waals surface area contributed by atoms with Gasteiger partial charge in [-0.3, -0.25) is 9.69 Å². The third-order valence-electron chi connectivity index (χ3n) is 6.17. The van der Waals surface area contributed by atoms with Crippen LogP contribution in [-0.4, -0.2) is 96.9 Å². The van der Waals surface area contributed by atoms with E-state index in [2.05, 4.69) is 16.8 Å². The first kappa shape index (κ1) is 20.9. The summed E-state index contributed by atoms with van der Waals surface area (Å²) in [5.41, 5.74) is 0.290. The Labute approximate surface area is 167 Å². The second kappa shape index (κ2) is 9.58. The third kappa shape index (κ3) is 4.59. The number of likely N-dealkylation sites (N-methyl/N-ethyl adjacent to an activating group) is 1. The highest BCUT2D eigenvalue weighted by Gasteiger charge is 2.36. The molecule has 0 spiro atoms. The van der Waals surface area contributed by atoms with Crippen LogP contribution in [0.15, 0.2) is 18.2 Å². The van der Waals surface area contributed by atoms with Crippen LogP contribution in [-0.2, 0) is 0 Å². The van der Waals surface area contributed by atoms with Gasteiger partial charge < -0.3 is 24.7 Å². The zero-order valence-corrected chi connectivity index (χ0v) is 17.0. The molecule has 2 heterocycles. The van der Waals surface area contributed by atoms with Gasteiger partial charge in [-0.1, -0.05) is 6.07 Å². The van der Waals surface area contributed by atoms with Crippen LogP contribution < -0.4 is 4.74 Å². The van der Waals surface area contributed by atoms with Gasteiger partial charge in [0.2, 0.25) is 0 Å². The number of ether oxygens (including phenoxy) is 1. The number of piperazine rings is 1. The molecule has 2 fully saturated rings. The first-order valence-electron chi connectivity index (χ1n) is 10.2. The molecule has 2 saturated heterocycles. The summed E-state index contributed by atoms with van der Waals surface area (Å²) in [5, 5.41) is 19.7. The van der Waals surface area contributed by atoms with E-state index in [4.69, 9.17) is 4.74 Å². The smallest absolute Gasteiger partial charge is 0.257 e. The fourth-order valence-corrected chi connectivity index (χ4v) is 4.51. The lowest BCUT2D eigenvalue weighted by atomic mass is 9.86. The summed E-state index contributed by atoms with van der Waals surface area (Å²) in [5.74, 6) is 0.404. The van der Waals surface area contributed by atoms with Crippen LogP contribution in [0.2, 0.25) is 0 Å². The zero-order valence-electron chi connectivity index (χ0n) is 17.0. The number of aliphatic hydroxyl groups excluding tert-OH is 1. The summed E-state index contributed by atoms with van der Waals surface area (Å²) < 4.78 is 5.14. The molecule has 2 atom stereocenters. The van der Waals surface area contributed by atoms with Crippen molar-refractivity contribution < 1.29 is 19.7 Å². The number of benzene rings is 1. The van der Waals surface area contributed by atoms with E-state index in [0.29, 0.717) is 36.4 Å². The van der Waals surface area contributed by atoms with Gasteiger partial charge in [0.1, 0.15) is 0 Å². The summed E-state index contributed by atoms with van der Waals surface area (Å²) in [6.07, 6.45) is 2.58. The Morgan fingerprint density at radius 1 is 1.21 bits per heavy atom. The normalized spacial score (nSPS) is 24.3. The van der Waals surface area contributed by atoms with E-state index in [1.54, 1.807) is 18.2 Å². The van der Waals surface area contributed by atoms with Crippen molar-refractivity contribution in [2.24, 2.45) is 5.92 Å². The average molecular weight is 392 g/mol. The van der Waals surface area contributed by atoms with Crippen LogP contribution in [0.4, 0.5) is 0 Å². The van der Waals surface area contributed by atoms with Crippen LogP contribution in [0.3, 0.4) is 0 Å². The highest BCUT2D eigenvalue weighted by molar-refractivity contribution is 5.97. The topological polar surface area (TPSA) is 76.5 Å². The molecule has 156 valence electrons. The molecule has 0 radical (unpaired) electrons. The van der Waals surface area contributed by atoms with Crippen LogP contribution in [0.25, 0.3) is 0 Å². The van der Waals surface area contributed by atoms with Gasteiger partial charge in [0.25, 0.3) is 5.91 Å². The summed E-state index contributed by atoms with van der Waals surface area (Å²) in [7, 11) is 3.64. The minimum absolute atomic E-state index is 0.0944. The molecule has 7 nitrogen and oxygen atoms in total. The van der Waals surface area contributed by atoms with Crippen molar-refractivity contribution in [3.8, 4) is 11.5 Å². The number of methoxy groups -OCH3 is 1. The molecule has 0 aromatic heterocycles. The van der Waals surface area contributed by atoms with Gasteiger partial charge in [-0.25, -0.2) is 0 Å². The zero-order chi connectivity index (χ0) is 20.1. The number of hydrogen-bond donors (Lipinski definition) is 2. The highest BCUT2D eigenvalue weighted by Crippen LogP contribution is 2.33. The average Bonchev–Trinajstić information content (AvgIpc) is 2.72. The second-order valence-corrected chi connectivity index (χ2v) is 7.93. The first-order chi connectivity index (χ1) is 13.5. The number of phenols is 1. The Morgan fingerprint density at radius 2 is 1.96 bits per heavy atom. The number of carbonyl (C=O) groups excluding carboxylic acids is 1. The second-order valence-electron chi connectivity index (χ2n) is 7.93. The van der Waals surface area contributed by atoms with E-state index in [1.807, 2.05) is 4.90 Å². The number of likely N-dealkylation sites (tertiary alicyclic amines) is 1. The molecule has 2 N–H and O–H groups in total. The number of piperidine rings is 1. The molecule has 0 saturated carbocycles. The highest BCUT2D eigenvalue weighted by atomic mass is 16.5. The number of carbonyl (C=O) groups is 1. The van der Waals surface area contributed by atoms with E-state index in [1.165, 1.54) is 7.11 Å². The van der Waals surface area contributed by atoms with Crippen molar-refractivity contribution in [2.75, 3.05) is 60.0 Å². The number of para-hydroxylation sites is 1. The fourth-order valence-electron chi connectivity index (χ4n) is 4.51. The summed E-state index contributed by atoms with van der Waals surface area (Å²) in [6, 6.07) is 5.47. The molecule has 0 bridgehead atoms. The summed E-state index contributed by atoms with van der Waals surface area (Å²) >= 11 is 0. The Balaban J connectivity index is 1.72. The Morgan fingerprint density at radius 3 is 2.64 bits per heavy atom. The Kier molecular flexibility index (Phi) is 7.15. The van der Waals surface area contributed by atoms with E-state index < -0.39 is 0 Å². The number of aromatic hydroxyl groups is 1. The standard InChI is InChI=1S/C21H33N3O4/c1-22-10-12-23(13-11-22)18-8-9-24(15-16(18)5-4-14-25)21(27)17-6-3-7-19(28-2)20(17)26/h3,6-7,16,18,25-26H,4-5,8-15H2,1-2H3/t16-,18+/m0/s1. The number of rotatable bonds is 6. The molecular weight excluding hydrogens is 358 g/mol. The summed E-state index contributed by atoms with van der Waals surface area (Å²) in [4.78, 5) is 19.8. The van der Waals surface area contributed by atoms with Crippen molar-refractivity contribution in [3.05, 3.63) is 23.8 Å². The number of amides is 1. The quantitative estimate of drug-likeness (QED) is 0.760. The molecule has 2 aliphatic rings. The van der Waals surface area contributed by atoms with Crippen LogP contribution in [0, 0.1) is 5.92 Å². The lowest BCUT2D eigenvalue weighted by Crippen LogP contribution is -2.56. The van der Waals surface area contributed by atoms with Crippen molar-refractivity contribution >= 4 is 5.91 Å². The van der Waals surface area contributed by atoms with Gasteiger partial charge in [-0.05, 0) is 44.4 Å². The predicted molar refractivity (Wildman–Crippen MR) is 108 cm³/mol. The monoisotopic (exact) mass is 391 g/mol. The van der Waals surface area contributed by atoms with E-state index in [-0.39, 0.29) is 18.3 Å². The molecule has 28 heavy (non-hydrogen) atoms. The van der Waals surface area contributed by atoms with Crippen LogP contribution >= 0.6 is 0 Å². The van der Waals surface area contributed by atoms with Gasteiger partial charge >= 0.3 is 0 Å². The molecule has 1 amide bonds. The summed E-state index contributed by atoms with van der Waals surface area (Å²) in [6.45, 7) is 5.78. The lowest BCUT2D eigenvalue weighted by molar-refractivity contribution is 0.0216. The SMILES string of the molecule is COc1cccc(C(=O)N2CC[C@@H](N3CCN(C)CC3)[C@@H](CCCO)C2)c1O. The molecule has 7 heteroatoms. The maximum atomic E-state index is 13.1. The molecule has 2 aliphatic heterocycles. The van der Waals surface area contributed by atoms with Gasteiger partial charge in [0, 0.05) is 51.9 Å². The largest absolute Gasteiger partial charge is 0.504 e. The Bertz CT molecular complexity index is 661. The van der Waals surface area contributed by atoms with Gasteiger partial charge in [-0.15, -0.1) is 0 Å². The molecule has 3 rings (SSSR count). The fraction of sp³-hybridized carbons (Fsp3) is 0.667. The third-order valence-corrected chi connectivity index (χ3v) is 6.17. The van der Waals surface area contributed by atoms with Crippen molar-refractivity contribution in [1.82, 2.24) is 14.7 Å².